The van der Waals surface area contributed by atoms with Gasteiger partial charge in [-0.05, 0) is 44.2 Å². The lowest BCUT2D eigenvalue weighted by atomic mass is 10.1. The number of esters is 1. The average Bonchev–Trinajstić information content (AvgIpc) is 2.99. The summed E-state index contributed by atoms with van der Waals surface area (Å²) < 4.78 is 5.41. The van der Waals surface area contributed by atoms with E-state index in [4.69, 9.17) is 4.74 Å². The first-order valence-corrected chi connectivity index (χ1v) is 8.63. The molecule has 0 amide bonds. The van der Waals surface area contributed by atoms with Gasteiger partial charge in [-0.2, -0.15) is 0 Å². The highest BCUT2D eigenvalue weighted by molar-refractivity contribution is 8.00. The predicted octanol–water partition coefficient (Wildman–Crippen LogP) is 4.25. The third-order valence-electron chi connectivity index (χ3n) is 3.61. The number of thioether (sulfide) groups is 1. The minimum atomic E-state index is -0.141. The van der Waals surface area contributed by atoms with E-state index in [1.165, 1.54) is 24.6 Å². The maximum atomic E-state index is 11.7. The minimum absolute atomic E-state index is 0.132. The van der Waals surface area contributed by atoms with Gasteiger partial charge in [0.2, 0.25) is 0 Å². The van der Waals surface area contributed by atoms with Crippen LogP contribution in [0, 0.1) is 0 Å². The van der Waals surface area contributed by atoms with Crippen molar-refractivity contribution in [2.75, 3.05) is 5.75 Å². The van der Waals surface area contributed by atoms with Gasteiger partial charge < -0.3 is 4.74 Å². The Morgan fingerprint density at radius 1 is 1.19 bits per heavy atom. The second-order valence-corrected chi connectivity index (χ2v) is 6.43. The molecule has 2 rings (SSSR count). The van der Waals surface area contributed by atoms with Gasteiger partial charge in [0, 0.05) is 16.9 Å². The smallest absolute Gasteiger partial charge is 0.316 e. The van der Waals surface area contributed by atoms with E-state index in [0.29, 0.717) is 12.2 Å². The summed E-state index contributed by atoms with van der Waals surface area (Å²) in [7, 11) is 0. The van der Waals surface area contributed by atoms with Crippen molar-refractivity contribution in [3.63, 3.8) is 0 Å². The summed E-state index contributed by atoms with van der Waals surface area (Å²) in [5, 5.41) is 0. The maximum Gasteiger partial charge on any atom is 0.316 e. The van der Waals surface area contributed by atoms with Gasteiger partial charge in [-0.15, -0.1) is 11.8 Å². The lowest BCUT2D eigenvalue weighted by molar-refractivity contribution is -0.145. The molecule has 1 saturated carbocycles. The van der Waals surface area contributed by atoms with Crippen molar-refractivity contribution < 1.29 is 14.3 Å². The van der Waals surface area contributed by atoms with Crippen molar-refractivity contribution in [1.82, 2.24) is 0 Å². The van der Waals surface area contributed by atoms with Gasteiger partial charge in [0.05, 0.1) is 5.75 Å². The standard InChI is InChI=1S/C17H22O3S/c1-2-5-16(18)13-8-10-15(11-9-13)21-12-17(19)20-14-6-3-4-7-14/h8-11,14H,2-7,12H2,1H3. The van der Waals surface area contributed by atoms with Crippen LogP contribution in [-0.4, -0.2) is 23.6 Å². The average molecular weight is 306 g/mol. The van der Waals surface area contributed by atoms with Crippen LogP contribution in [0.4, 0.5) is 0 Å². The van der Waals surface area contributed by atoms with E-state index in [0.717, 1.165) is 29.7 Å². The van der Waals surface area contributed by atoms with E-state index < -0.39 is 0 Å². The third kappa shape index (κ3) is 5.20. The molecule has 1 aliphatic rings. The van der Waals surface area contributed by atoms with Crippen LogP contribution in [0.3, 0.4) is 0 Å². The van der Waals surface area contributed by atoms with E-state index in [2.05, 4.69) is 0 Å². The summed E-state index contributed by atoms with van der Waals surface area (Å²) in [4.78, 5) is 24.5. The highest BCUT2D eigenvalue weighted by Crippen LogP contribution is 2.23. The van der Waals surface area contributed by atoms with Crippen molar-refractivity contribution in [2.24, 2.45) is 0 Å². The van der Waals surface area contributed by atoms with Crippen molar-refractivity contribution in [1.29, 1.82) is 0 Å². The molecular weight excluding hydrogens is 284 g/mol. The van der Waals surface area contributed by atoms with Crippen LogP contribution in [0.25, 0.3) is 0 Å². The molecule has 1 aromatic rings. The molecular formula is C17H22O3S. The summed E-state index contributed by atoms with van der Waals surface area (Å²) in [5.41, 5.74) is 0.745. The quantitative estimate of drug-likeness (QED) is 0.429. The Morgan fingerprint density at radius 2 is 1.86 bits per heavy atom. The van der Waals surface area contributed by atoms with Gasteiger partial charge in [-0.25, -0.2) is 0 Å². The molecule has 4 heteroatoms. The Morgan fingerprint density at radius 3 is 2.48 bits per heavy atom. The van der Waals surface area contributed by atoms with Crippen molar-refractivity contribution in [3.8, 4) is 0 Å². The Hall–Kier alpha value is -1.29. The molecule has 114 valence electrons. The van der Waals surface area contributed by atoms with Gasteiger partial charge in [-0.1, -0.05) is 19.1 Å². The zero-order valence-corrected chi connectivity index (χ0v) is 13.3. The highest BCUT2D eigenvalue weighted by atomic mass is 32.2. The van der Waals surface area contributed by atoms with Crippen molar-refractivity contribution >= 4 is 23.5 Å². The molecule has 0 saturated heterocycles. The van der Waals surface area contributed by atoms with Crippen molar-refractivity contribution in [2.45, 2.75) is 56.4 Å². The fourth-order valence-corrected chi connectivity index (χ4v) is 3.16. The molecule has 21 heavy (non-hydrogen) atoms. The fraction of sp³-hybridized carbons (Fsp3) is 0.529. The van der Waals surface area contributed by atoms with Crippen LogP contribution in [-0.2, 0) is 9.53 Å². The van der Waals surface area contributed by atoms with Gasteiger partial charge in [0.25, 0.3) is 0 Å². The number of hydrogen-bond donors (Lipinski definition) is 0. The predicted molar refractivity (Wildman–Crippen MR) is 84.8 cm³/mol. The van der Waals surface area contributed by atoms with Crippen LogP contribution < -0.4 is 0 Å². The van der Waals surface area contributed by atoms with Gasteiger partial charge >= 0.3 is 5.97 Å². The number of carbonyl (C=O) groups is 2. The molecule has 1 aliphatic carbocycles. The SMILES string of the molecule is CCCC(=O)c1ccc(SCC(=O)OC2CCCC2)cc1. The monoisotopic (exact) mass is 306 g/mol. The lowest BCUT2D eigenvalue weighted by Gasteiger charge is -2.10. The van der Waals surface area contributed by atoms with Crippen LogP contribution in [0.5, 0.6) is 0 Å². The minimum Gasteiger partial charge on any atom is -0.462 e. The van der Waals surface area contributed by atoms with Gasteiger partial charge in [0.15, 0.2) is 5.78 Å². The molecule has 1 fully saturated rings. The number of benzene rings is 1. The second-order valence-electron chi connectivity index (χ2n) is 5.38. The van der Waals surface area contributed by atoms with E-state index in [1.54, 1.807) is 0 Å². The second kappa shape index (κ2) is 8.23. The van der Waals surface area contributed by atoms with Crippen LogP contribution in [0.15, 0.2) is 29.2 Å². The van der Waals surface area contributed by atoms with E-state index >= 15 is 0 Å². The number of hydrogen-bond acceptors (Lipinski definition) is 4. The first-order valence-electron chi connectivity index (χ1n) is 7.64. The topological polar surface area (TPSA) is 43.4 Å². The van der Waals surface area contributed by atoms with E-state index in [1.807, 2.05) is 31.2 Å². The fourth-order valence-electron chi connectivity index (χ4n) is 2.48. The number of carbonyl (C=O) groups excluding carboxylic acids is 2. The Kier molecular flexibility index (Phi) is 6.30. The number of rotatable bonds is 7. The molecule has 0 aromatic heterocycles. The van der Waals surface area contributed by atoms with Crippen LogP contribution in [0.1, 0.15) is 55.8 Å². The Bertz CT molecular complexity index is 475. The first-order chi connectivity index (χ1) is 10.2. The molecule has 0 N–H and O–H groups in total. The van der Waals surface area contributed by atoms with E-state index in [-0.39, 0.29) is 17.9 Å². The molecule has 0 bridgehead atoms. The number of Topliss-reactive ketones (excluding diaryl/α,β-unsaturated/α-hetero) is 1. The summed E-state index contributed by atoms with van der Waals surface area (Å²) in [6, 6.07) is 7.47. The third-order valence-corrected chi connectivity index (χ3v) is 4.60. The molecule has 1 aromatic carbocycles. The molecule has 3 nitrogen and oxygen atoms in total. The Balaban J connectivity index is 1.77. The summed E-state index contributed by atoms with van der Waals surface area (Å²) in [5.74, 6) is 0.367. The molecule has 0 aliphatic heterocycles. The molecule has 0 atom stereocenters. The molecule has 0 heterocycles. The van der Waals surface area contributed by atoms with Gasteiger partial charge in [0.1, 0.15) is 6.10 Å². The summed E-state index contributed by atoms with van der Waals surface area (Å²) >= 11 is 1.46. The van der Waals surface area contributed by atoms with Crippen molar-refractivity contribution in [3.05, 3.63) is 29.8 Å². The highest BCUT2D eigenvalue weighted by Gasteiger charge is 2.19. The summed E-state index contributed by atoms with van der Waals surface area (Å²) in [6.07, 6.45) is 5.92. The summed E-state index contributed by atoms with van der Waals surface area (Å²) in [6.45, 7) is 2.00. The van der Waals surface area contributed by atoms with Crippen LogP contribution in [0.2, 0.25) is 0 Å². The molecule has 0 spiro atoms. The van der Waals surface area contributed by atoms with Crippen LogP contribution >= 0.6 is 11.8 Å². The number of ketones is 1. The lowest BCUT2D eigenvalue weighted by Crippen LogP contribution is -2.16. The number of ether oxygens (including phenoxy) is 1. The molecule has 0 unspecified atom stereocenters. The zero-order valence-electron chi connectivity index (χ0n) is 12.5. The first kappa shape index (κ1) is 16.1. The van der Waals surface area contributed by atoms with Gasteiger partial charge in [-0.3, -0.25) is 9.59 Å². The van der Waals surface area contributed by atoms with E-state index in [9.17, 15) is 9.59 Å². The Labute approximate surface area is 130 Å². The zero-order chi connectivity index (χ0) is 15.1. The molecule has 0 radical (unpaired) electrons. The normalized spacial score (nSPS) is 15.1. The maximum absolute atomic E-state index is 11.7. The largest absolute Gasteiger partial charge is 0.462 e.